The molecule has 1 N–H and O–H groups in total. The molecular weight excluding hydrogens is 207 g/mol. The number of hydrogen-bond acceptors (Lipinski definition) is 2. The number of aliphatic hydroxyl groups is 1. The molecule has 5 heteroatoms. The first-order chi connectivity index (χ1) is 7.01. The molecule has 1 aromatic carbocycles. The van der Waals surface area contributed by atoms with E-state index in [9.17, 15) is 13.2 Å². The molecule has 0 atom stereocenters. The number of nitriles is 1. The van der Waals surface area contributed by atoms with Crippen LogP contribution in [0, 0.1) is 17.1 Å². The van der Waals surface area contributed by atoms with Gasteiger partial charge in [0.15, 0.2) is 0 Å². The first kappa shape index (κ1) is 11.5. The van der Waals surface area contributed by atoms with Crippen LogP contribution in [0.5, 0.6) is 0 Å². The second-order valence-electron chi connectivity index (χ2n) is 2.98. The van der Waals surface area contributed by atoms with Gasteiger partial charge in [-0.2, -0.15) is 5.26 Å². The molecule has 2 nitrogen and oxygen atoms in total. The van der Waals surface area contributed by atoms with Crippen molar-refractivity contribution in [2.45, 2.75) is 12.3 Å². The molecule has 1 aromatic rings. The van der Waals surface area contributed by atoms with Crippen molar-refractivity contribution in [3.05, 3.63) is 35.1 Å². The van der Waals surface area contributed by atoms with Crippen LogP contribution < -0.4 is 0 Å². The zero-order valence-corrected chi connectivity index (χ0v) is 7.67. The van der Waals surface area contributed by atoms with Gasteiger partial charge in [0.2, 0.25) is 0 Å². The third-order valence-electron chi connectivity index (χ3n) is 1.93. The first-order valence-electron chi connectivity index (χ1n) is 4.20. The van der Waals surface area contributed by atoms with Crippen molar-refractivity contribution < 1.29 is 18.3 Å². The summed E-state index contributed by atoms with van der Waals surface area (Å²) in [5.41, 5.74) is -0.889. The molecule has 0 fully saturated rings. The van der Waals surface area contributed by atoms with E-state index in [-0.39, 0.29) is 0 Å². The van der Waals surface area contributed by atoms with Gasteiger partial charge in [-0.1, -0.05) is 6.07 Å². The normalized spacial score (nSPS) is 11.1. The Kier molecular flexibility index (Phi) is 3.32. The summed E-state index contributed by atoms with van der Waals surface area (Å²) in [6.45, 7) is -0.674. The van der Waals surface area contributed by atoms with E-state index in [0.29, 0.717) is 0 Å². The standard InChI is InChI=1S/C10H8F3NO/c11-9-2-1-8(5-7(9)6-14)10(12,13)3-4-15/h1-2,5,15H,3-4H2. The Hall–Kier alpha value is -1.54. The second-order valence-corrected chi connectivity index (χ2v) is 2.98. The van der Waals surface area contributed by atoms with Gasteiger partial charge in [0.1, 0.15) is 11.9 Å². The van der Waals surface area contributed by atoms with Crippen LogP contribution in [0.4, 0.5) is 13.2 Å². The number of aliphatic hydroxyl groups excluding tert-OH is 1. The molecule has 0 aliphatic heterocycles. The lowest BCUT2D eigenvalue weighted by atomic mass is 10.0. The number of halogens is 3. The smallest absolute Gasteiger partial charge is 0.275 e. The molecule has 80 valence electrons. The van der Waals surface area contributed by atoms with Gasteiger partial charge in [-0.25, -0.2) is 13.2 Å². The van der Waals surface area contributed by atoms with Gasteiger partial charge >= 0.3 is 0 Å². The molecule has 0 aliphatic carbocycles. The third kappa shape index (κ3) is 2.48. The van der Waals surface area contributed by atoms with Gasteiger partial charge in [0, 0.05) is 18.6 Å². The predicted molar refractivity (Wildman–Crippen MR) is 46.7 cm³/mol. The van der Waals surface area contributed by atoms with E-state index in [4.69, 9.17) is 10.4 Å². The van der Waals surface area contributed by atoms with E-state index < -0.39 is 35.9 Å². The fraction of sp³-hybridized carbons (Fsp3) is 0.300. The third-order valence-corrected chi connectivity index (χ3v) is 1.93. The Labute approximate surface area is 84.6 Å². The second kappa shape index (κ2) is 4.32. The van der Waals surface area contributed by atoms with Crippen molar-refractivity contribution in [2.75, 3.05) is 6.61 Å². The molecule has 15 heavy (non-hydrogen) atoms. The largest absolute Gasteiger partial charge is 0.396 e. The summed E-state index contributed by atoms with van der Waals surface area (Å²) in [7, 11) is 0. The maximum atomic E-state index is 13.2. The van der Waals surface area contributed by atoms with Crippen molar-refractivity contribution in [1.29, 1.82) is 5.26 Å². The number of hydrogen-bond donors (Lipinski definition) is 1. The molecule has 0 unspecified atom stereocenters. The topological polar surface area (TPSA) is 44.0 Å². The molecule has 0 radical (unpaired) electrons. The summed E-state index contributed by atoms with van der Waals surface area (Å²) in [6, 6.07) is 4.00. The van der Waals surface area contributed by atoms with Crippen LogP contribution in [-0.4, -0.2) is 11.7 Å². The van der Waals surface area contributed by atoms with Crippen LogP contribution in [-0.2, 0) is 5.92 Å². The van der Waals surface area contributed by atoms with Crippen LogP contribution in [0.1, 0.15) is 17.5 Å². The quantitative estimate of drug-likeness (QED) is 0.839. The lowest BCUT2D eigenvalue weighted by molar-refractivity contribution is -0.0270. The summed E-state index contributed by atoms with van der Waals surface area (Å²) in [5, 5.41) is 16.9. The SMILES string of the molecule is N#Cc1cc(C(F)(F)CCO)ccc1F. The van der Waals surface area contributed by atoms with Crippen LogP contribution in [0.15, 0.2) is 18.2 Å². The fourth-order valence-electron chi connectivity index (χ4n) is 1.12. The average Bonchev–Trinajstić information content (AvgIpc) is 2.18. The van der Waals surface area contributed by atoms with E-state index in [1.54, 1.807) is 0 Å². The van der Waals surface area contributed by atoms with Gasteiger partial charge in [-0.3, -0.25) is 0 Å². The zero-order valence-electron chi connectivity index (χ0n) is 7.67. The number of rotatable bonds is 3. The van der Waals surface area contributed by atoms with Crippen LogP contribution in [0.3, 0.4) is 0 Å². The monoisotopic (exact) mass is 215 g/mol. The fourth-order valence-corrected chi connectivity index (χ4v) is 1.12. The molecule has 0 saturated heterocycles. The Bertz CT molecular complexity index is 398. The molecule has 0 amide bonds. The van der Waals surface area contributed by atoms with Crippen LogP contribution in [0.25, 0.3) is 0 Å². The molecular formula is C10H8F3NO. The van der Waals surface area contributed by atoms with Gasteiger partial charge in [-0.05, 0) is 12.1 Å². The predicted octanol–water partition coefficient (Wildman–Crippen LogP) is 2.17. The highest BCUT2D eigenvalue weighted by atomic mass is 19.3. The maximum absolute atomic E-state index is 13.2. The molecule has 0 bridgehead atoms. The lowest BCUT2D eigenvalue weighted by Gasteiger charge is -2.15. The van der Waals surface area contributed by atoms with Crippen molar-refractivity contribution in [3.63, 3.8) is 0 Å². The summed E-state index contributed by atoms with van der Waals surface area (Å²) < 4.78 is 39.3. The summed E-state index contributed by atoms with van der Waals surface area (Å²) in [6.07, 6.45) is -0.747. The van der Waals surface area contributed by atoms with Gasteiger partial charge in [-0.15, -0.1) is 0 Å². The number of nitrogens with zero attached hydrogens (tertiary/aromatic N) is 1. The highest BCUT2D eigenvalue weighted by molar-refractivity contribution is 5.36. The highest BCUT2D eigenvalue weighted by Gasteiger charge is 2.31. The van der Waals surface area contributed by atoms with Crippen molar-refractivity contribution in [1.82, 2.24) is 0 Å². The van der Waals surface area contributed by atoms with Crippen molar-refractivity contribution >= 4 is 0 Å². The first-order valence-corrected chi connectivity index (χ1v) is 4.20. The maximum Gasteiger partial charge on any atom is 0.275 e. The lowest BCUT2D eigenvalue weighted by Crippen LogP contribution is -2.15. The van der Waals surface area contributed by atoms with E-state index in [1.165, 1.54) is 6.07 Å². The summed E-state index contributed by atoms with van der Waals surface area (Å²) >= 11 is 0. The minimum atomic E-state index is -3.24. The minimum Gasteiger partial charge on any atom is -0.396 e. The van der Waals surface area contributed by atoms with Gasteiger partial charge in [0.05, 0.1) is 5.56 Å². The average molecular weight is 215 g/mol. The van der Waals surface area contributed by atoms with E-state index >= 15 is 0 Å². The Morgan fingerprint density at radius 2 is 2.07 bits per heavy atom. The summed E-state index contributed by atoms with van der Waals surface area (Å²) in [4.78, 5) is 0. The minimum absolute atomic E-state index is 0.426. The number of alkyl halides is 2. The molecule has 0 aliphatic rings. The van der Waals surface area contributed by atoms with Gasteiger partial charge in [0.25, 0.3) is 5.92 Å². The van der Waals surface area contributed by atoms with E-state index in [0.717, 1.165) is 18.2 Å². The molecule has 0 heterocycles. The highest BCUT2D eigenvalue weighted by Crippen LogP contribution is 2.32. The van der Waals surface area contributed by atoms with E-state index in [2.05, 4.69) is 0 Å². The van der Waals surface area contributed by atoms with Crippen molar-refractivity contribution in [2.24, 2.45) is 0 Å². The molecule has 0 spiro atoms. The Morgan fingerprint density at radius 1 is 1.40 bits per heavy atom. The Morgan fingerprint density at radius 3 is 2.60 bits per heavy atom. The summed E-state index contributed by atoms with van der Waals surface area (Å²) in [5.74, 6) is -4.07. The number of benzene rings is 1. The van der Waals surface area contributed by atoms with Crippen LogP contribution >= 0.6 is 0 Å². The van der Waals surface area contributed by atoms with Crippen molar-refractivity contribution in [3.8, 4) is 6.07 Å². The molecule has 0 aromatic heterocycles. The molecule has 0 saturated carbocycles. The van der Waals surface area contributed by atoms with Gasteiger partial charge < -0.3 is 5.11 Å². The van der Waals surface area contributed by atoms with Crippen LogP contribution in [0.2, 0.25) is 0 Å². The molecule has 1 rings (SSSR count). The zero-order chi connectivity index (χ0) is 11.5. The van der Waals surface area contributed by atoms with E-state index in [1.807, 2.05) is 0 Å². The Balaban J connectivity index is 3.12.